The standard InChI is InChI=1S/C27H28N4O3S/c1-3-4-21(18-6-11-22-23(15-18)30-26(29-22)24-12-5-17(2)35-24)27(33)28-19-7-9-20(10-8-19)31-13-14-34-16-25(31)32/h5-12,15,21H,3-4,13-14,16H2,1-2H3,(H,28,33)(H,29,30). The number of H-pyrrole nitrogens is 1. The van der Waals surface area contributed by atoms with Crippen molar-refractivity contribution in [2.45, 2.75) is 32.6 Å². The SMILES string of the molecule is CCCC(C(=O)Nc1ccc(N2CCOCC2=O)cc1)c1ccc2nc(-c3ccc(C)s3)[nH]c2c1. The molecule has 2 amide bonds. The normalized spacial score (nSPS) is 14.9. The Kier molecular flexibility index (Phi) is 6.66. The number of fused-ring (bicyclic) bond motifs is 1. The average Bonchev–Trinajstić information content (AvgIpc) is 3.49. The number of aromatic nitrogens is 2. The highest BCUT2D eigenvalue weighted by Gasteiger charge is 2.22. The van der Waals surface area contributed by atoms with Crippen molar-refractivity contribution in [1.29, 1.82) is 0 Å². The monoisotopic (exact) mass is 488 g/mol. The van der Waals surface area contributed by atoms with E-state index < -0.39 is 0 Å². The molecule has 2 N–H and O–H groups in total. The van der Waals surface area contributed by atoms with Crippen LogP contribution in [0.2, 0.25) is 0 Å². The number of thiophene rings is 1. The lowest BCUT2D eigenvalue weighted by molar-refractivity contribution is -0.125. The number of morpholine rings is 1. The number of ether oxygens (including phenoxy) is 1. The minimum absolute atomic E-state index is 0.0463. The first-order valence-electron chi connectivity index (χ1n) is 11.9. The van der Waals surface area contributed by atoms with Crippen molar-refractivity contribution < 1.29 is 14.3 Å². The molecule has 1 aliphatic heterocycles. The fourth-order valence-electron chi connectivity index (χ4n) is 4.41. The number of anilines is 2. The molecule has 5 rings (SSSR count). The molecule has 8 heteroatoms. The van der Waals surface area contributed by atoms with E-state index in [1.165, 1.54) is 4.88 Å². The highest BCUT2D eigenvalue weighted by atomic mass is 32.1. The number of hydrogen-bond donors (Lipinski definition) is 2. The largest absolute Gasteiger partial charge is 0.370 e. The summed E-state index contributed by atoms with van der Waals surface area (Å²) in [5, 5.41) is 3.06. The van der Waals surface area contributed by atoms with Crippen molar-refractivity contribution in [2.24, 2.45) is 0 Å². The minimum atomic E-state index is -0.277. The smallest absolute Gasteiger partial charge is 0.253 e. The molecule has 1 aliphatic rings. The van der Waals surface area contributed by atoms with Gasteiger partial charge in [0.15, 0.2) is 0 Å². The maximum atomic E-state index is 13.3. The molecule has 2 aromatic carbocycles. The molecule has 0 radical (unpaired) electrons. The first-order chi connectivity index (χ1) is 17.0. The Hall–Kier alpha value is -3.49. The van der Waals surface area contributed by atoms with E-state index in [2.05, 4.69) is 36.3 Å². The van der Waals surface area contributed by atoms with Gasteiger partial charge in [-0.15, -0.1) is 11.3 Å². The van der Waals surface area contributed by atoms with Gasteiger partial charge in [0.2, 0.25) is 5.91 Å². The van der Waals surface area contributed by atoms with E-state index in [0.29, 0.717) is 18.8 Å². The van der Waals surface area contributed by atoms with Crippen LogP contribution in [0.25, 0.3) is 21.7 Å². The zero-order valence-corrected chi connectivity index (χ0v) is 20.7. The molecule has 35 heavy (non-hydrogen) atoms. The molecule has 1 fully saturated rings. The topological polar surface area (TPSA) is 87.3 Å². The maximum Gasteiger partial charge on any atom is 0.253 e. The molecular weight excluding hydrogens is 460 g/mol. The van der Waals surface area contributed by atoms with Crippen LogP contribution in [0.1, 0.15) is 36.1 Å². The Balaban J connectivity index is 1.34. The van der Waals surface area contributed by atoms with Crippen molar-refractivity contribution in [2.75, 3.05) is 30.0 Å². The van der Waals surface area contributed by atoms with Gasteiger partial charge in [-0.2, -0.15) is 0 Å². The quantitative estimate of drug-likeness (QED) is 0.360. The molecule has 7 nitrogen and oxygen atoms in total. The molecule has 0 aliphatic carbocycles. The van der Waals surface area contributed by atoms with Crippen molar-refractivity contribution in [3.05, 3.63) is 65.0 Å². The number of carbonyl (C=O) groups is 2. The second kappa shape index (κ2) is 10.0. The highest BCUT2D eigenvalue weighted by molar-refractivity contribution is 7.15. The Morgan fingerprint density at radius 2 is 2.03 bits per heavy atom. The number of amides is 2. The Labute approximate surface area is 208 Å². The molecule has 1 unspecified atom stereocenters. The van der Waals surface area contributed by atoms with E-state index in [9.17, 15) is 9.59 Å². The second-order valence-corrected chi connectivity index (χ2v) is 10.0. The third-order valence-electron chi connectivity index (χ3n) is 6.21. The lowest BCUT2D eigenvalue weighted by Crippen LogP contribution is -2.41. The van der Waals surface area contributed by atoms with Gasteiger partial charge < -0.3 is 19.9 Å². The number of imidazole rings is 1. The van der Waals surface area contributed by atoms with Gasteiger partial charge >= 0.3 is 0 Å². The van der Waals surface area contributed by atoms with Crippen molar-refractivity contribution in [3.8, 4) is 10.7 Å². The van der Waals surface area contributed by atoms with Crippen molar-refractivity contribution in [3.63, 3.8) is 0 Å². The van der Waals surface area contributed by atoms with Crippen molar-refractivity contribution >= 4 is 45.6 Å². The lowest BCUT2D eigenvalue weighted by Gasteiger charge is -2.27. The summed E-state index contributed by atoms with van der Waals surface area (Å²) >= 11 is 1.71. The predicted molar refractivity (Wildman–Crippen MR) is 140 cm³/mol. The van der Waals surface area contributed by atoms with E-state index in [1.54, 1.807) is 16.2 Å². The third kappa shape index (κ3) is 4.99. The van der Waals surface area contributed by atoms with Crippen LogP contribution in [0.4, 0.5) is 11.4 Å². The number of rotatable bonds is 7. The van der Waals surface area contributed by atoms with Crippen LogP contribution >= 0.6 is 11.3 Å². The molecule has 2 aromatic heterocycles. The van der Waals surface area contributed by atoms with Gasteiger partial charge in [-0.25, -0.2) is 4.98 Å². The third-order valence-corrected chi connectivity index (χ3v) is 7.22. The average molecular weight is 489 g/mol. The van der Waals surface area contributed by atoms with Gasteiger partial charge in [0.1, 0.15) is 12.4 Å². The summed E-state index contributed by atoms with van der Waals surface area (Å²) in [6.45, 7) is 5.33. The predicted octanol–water partition coefficient (Wildman–Crippen LogP) is 5.49. The number of hydrogen-bond acceptors (Lipinski definition) is 5. The number of aryl methyl sites for hydroxylation is 1. The van der Waals surface area contributed by atoms with Gasteiger partial charge in [-0.3, -0.25) is 9.59 Å². The molecule has 1 saturated heterocycles. The van der Waals surface area contributed by atoms with Crippen LogP contribution in [0.15, 0.2) is 54.6 Å². The first-order valence-corrected chi connectivity index (χ1v) is 12.7. The molecule has 180 valence electrons. The van der Waals surface area contributed by atoms with E-state index in [-0.39, 0.29) is 24.3 Å². The molecule has 1 atom stereocenters. The summed E-state index contributed by atoms with van der Waals surface area (Å²) in [4.78, 5) is 37.6. The molecule has 0 spiro atoms. The summed E-state index contributed by atoms with van der Waals surface area (Å²) in [6.07, 6.45) is 1.62. The molecule has 3 heterocycles. The highest BCUT2D eigenvalue weighted by Crippen LogP contribution is 2.30. The van der Waals surface area contributed by atoms with Gasteiger partial charge in [-0.1, -0.05) is 19.4 Å². The lowest BCUT2D eigenvalue weighted by atomic mass is 9.93. The summed E-state index contributed by atoms with van der Waals surface area (Å²) in [5.74, 6) is 0.476. The molecule has 0 bridgehead atoms. The second-order valence-electron chi connectivity index (χ2n) is 8.75. The van der Waals surface area contributed by atoms with Crippen LogP contribution in [0, 0.1) is 6.92 Å². The molecule has 4 aromatic rings. The van der Waals surface area contributed by atoms with E-state index in [1.807, 2.05) is 42.5 Å². The summed E-state index contributed by atoms with van der Waals surface area (Å²) in [6, 6.07) is 17.6. The van der Waals surface area contributed by atoms with Crippen LogP contribution in [0.3, 0.4) is 0 Å². The first kappa shape index (κ1) is 23.3. The molecular formula is C27H28N4O3S. The zero-order valence-electron chi connectivity index (χ0n) is 19.8. The van der Waals surface area contributed by atoms with Crippen LogP contribution in [0.5, 0.6) is 0 Å². The number of aromatic amines is 1. The van der Waals surface area contributed by atoms with Crippen LogP contribution in [-0.4, -0.2) is 41.5 Å². The number of nitrogens with zero attached hydrogens (tertiary/aromatic N) is 2. The maximum absolute atomic E-state index is 13.3. The Morgan fingerprint density at radius 1 is 1.20 bits per heavy atom. The fourth-order valence-corrected chi connectivity index (χ4v) is 5.22. The number of benzene rings is 2. The number of nitrogens with one attached hydrogen (secondary N) is 2. The number of carbonyl (C=O) groups excluding carboxylic acids is 2. The van der Waals surface area contributed by atoms with Gasteiger partial charge in [0.05, 0.1) is 28.4 Å². The van der Waals surface area contributed by atoms with Crippen molar-refractivity contribution in [1.82, 2.24) is 9.97 Å². The van der Waals surface area contributed by atoms with Gasteiger partial charge in [0.25, 0.3) is 5.91 Å². The summed E-state index contributed by atoms with van der Waals surface area (Å²) in [7, 11) is 0. The van der Waals surface area contributed by atoms with Crippen LogP contribution in [-0.2, 0) is 14.3 Å². The van der Waals surface area contributed by atoms with E-state index in [4.69, 9.17) is 9.72 Å². The minimum Gasteiger partial charge on any atom is -0.370 e. The van der Waals surface area contributed by atoms with Gasteiger partial charge in [0, 0.05) is 22.8 Å². The van der Waals surface area contributed by atoms with Gasteiger partial charge in [-0.05, 0) is 67.4 Å². The Morgan fingerprint density at radius 3 is 2.74 bits per heavy atom. The van der Waals surface area contributed by atoms with E-state index in [0.717, 1.165) is 45.8 Å². The fraction of sp³-hybridized carbons (Fsp3) is 0.296. The zero-order chi connectivity index (χ0) is 24.4. The van der Waals surface area contributed by atoms with E-state index >= 15 is 0 Å². The summed E-state index contributed by atoms with van der Waals surface area (Å²) < 4.78 is 5.20. The Bertz CT molecular complexity index is 1360. The van der Waals surface area contributed by atoms with Crippen LogP contribution < -0.4 is 10.2 Å². The molecule has 0 saturated carbocycles. The summed E-state index contributed by atoms with van der Waals surface area (Å²) in [5.41, 5.74) is 4.29.